The first-order chi connectivity index (χ1) is 10.1. The highest BCUT2D eigenvalue weighted by Gasteiger charge is 2.06. The van der Waals surface area contributed by atoms with E-state index < -0.39 is 0 Å². The van der Waals surface area contributed by atoms with E-state index in [2.05, 4.69) is 34.3 Å². The molecule has 3 rings (SSSR count). The Balaban J connectivity index is 1.94. The maximum Gasteiger partial charge on any atom is 0.137 e. The van der Waals surface area contributed by atoms with Gasteiger partial charge in [0.1, 0.15) is 11.6 Å². The van der Waals surface area contributed by atoms with Gasteiger partial charge in [-0.25, -0.2) is 9.97 Å². The molecule has 2 aromatic carbocycles. The summed E-state index contributed by atoms with van der Waals surface area (Å²) in [7, 11) is 0. The van der Waals surface area contributed by atoms with E-state index in [4.69, 9.17) is 11.6 Å². The minimum Gasteiger partial charge on any atom is -0.365 e. The number of halogens is 1. The molecular weight excluding hydrogens is 282 g/mol. The lowest BCUT2D eigenvalue weighted by molar-refractivity contribution is 1.05. The maximum atomic E-state index is 6.01. The molecule has 3 nitrogen and oxygen atoms in total. The number of aryl methyl sites for hydroxylation is 2. The summed E-state index contributed by atoms with van der Waals surface area (Å²) in [5, 5.41) is 5.18. The van der Waals surface area contributed by atoms with Gasteiger partial charge in [-0.1, -0.05) is 35.4 Å². The molecule has 0 unspecified atom stereocenters. The molecule has 1 N–H and O–H groups in total. The molecule has 21 heavy (non-hydrogen) atoms. The highest BCUT2D eigenvalue weighted by Crippen LogP contribution is 2.22. The number of anilines is 1. The van der Waals surface area contributed by atoms with Crippen molar-refractivity contribution in [1.82, 2.24) is 9.97 Å². The Bertz CT molecular complexity index is 799. The number of nitrogens with zero attached hydrogens (tertiary/aromatic N) is 2. The number of hydrogen-bond donors (Lipinski definition) is 1. The van der Waals surface area contributed by atoms with Crippen LogP contribution in [0.1, 0.15) is 17.0 Å². The van der Waals surface area contributed by atoms with Crippen molar-refractivity contribution in [2.75, 3.05) is 5.32 Å². The van der Waals surface area contributed by atoms with Crippen LogP contribution in [-0.2, 0) is 6.54 Å². The zero-order chi connectivity index (χ0) is 14.8. The predicted octanol–water partition coefficient (Wildman–Crippen LogP) is 4.51. The van der Waals surface area contributed by atoms with Gasteiger partial charge in [-0.15, -0.1) is 0 Å². The van der Waals surface area contributed by atoms with Gasteiger partial charge in [-0.3, -0.25) is 0 Å². The molecule has 1 heterocycles. The van der Waals surface area contributed by atoms with Gasteiger partial charge in [0, 0.05) is 17.0 Å². The molecule has 0 saturated carbocycles. The van der Waals surface area contributed by atoms with Gasteiger partial charge in [0.2, 0.25) is 0 Å². The molecular formula is C17H16ClN3. The van der Waals surface area contributed by atoms with Crippen LogP contribution in [0.5, 0.6) is 0 Å². The second-order valence-corrected chi connectivity index (χ2v) is 5.56. The first-order valence-corrected chi connectivity index (χ1v) is 7.23. The van der Waals surface area contributed by atoms with E-state index in [9.17, 15) is 0 Å². The molecule has 0 fully saturated rings. The number of aromatic nitrogens is 2. The van der Waals surface area contributed by atoms with Crippen LogP contribution in [0.4, 0.5) is 5.82 Å². The summed E-state index contributed by atoms with van der Waals surface area (Å²) in [4.78, 5) is 9.00. The molecule has 0 bridgehead atoms. The summed E-state index contributed by atoms with van der Waals surface area (Å²) in [6.07, 6.45) is 0. The number of hydrogen-bond acceptors (Lipinski definition) is 3. The second kappa shape index (κ2) is 5.70. The smallest absolute Gasteiger partial charge is 0.137 e. The molecule has 3 aromatic rings. The molecule has 0 aliphatic heterocycles. The highest BCUT2D eigenvalue weighted by molar-refractivity contribution is 6.30. The molecule has 0 radical (unpaired) electrons. The van der Waals surface area contributed by atoms with E-state index in [0.29, 0.717) is 6.54 Å². The third-order valence-corrected chi connectivity index (χ3v) is 3.55. The Morgan fingerprint density at radius 3 is 2.71 bits per heavy atom. The minimum absolute atomic E-state index is 0.681. The SMILES string of the molecule is Cc1ccc2nc(C)nc(NCc3cccc(Cl)c3)c2c1. The van der Waals surface area contributed by atoms with Crippen LogP contribution >= 0.6 is 11.6 Å². The van der Waals surface area contributed by atoms with Crippen LogP contribution in [0.25, 0.3) is 10.9 Å². The lowest BCUT2D eigenvalue weighted by Crippen LogP contribution is -2.04. The van der Waals surface area contributed by atoms with Gasteiger partial charge < -0.3 is 5.32 Å². The monoisotopic (exact) mass is 297 g/mol. The highest BCUT2D eigenvalue weighted by atomic mass is 35.5. The zero-order valence-corrected chi connectivity index (χ0v) is 12.8. The average Bonchev–Trinajstić information content (AvgIpc) is 2.45. The fourth-order valence-corrected chi connectivity index (χ4v) is 2.54. The van der Waals surface area contributed by atoms with Gasteiger partial charge in [-0.05, 0) is 43.7 Å². The zero-order valence-electron chi connectivity index (χ0n) is 12.0. The van der Waals surface area contributed by atoms with Crippen molar-refractivity contribution in [2.45, 2.75) is 20.4 Å². The second-order valence-electron chi connectivity index (χ2n) is 5.12. The van der Waals surface area contributed by atoms with E-state index >= 15 is 0 Å². The Morgan fingerprint density at radius 1 is 1.05 bits per heavy atom. The Morgan fingerprint density at radius 2 is 1.90 bits per heavy atom. The predicted molar refractivity (Wildman–Crippen MR) is 87.8 cm³/mol. The third kappa shape index (κ3) is 3.14. The van der Waals surface area contributed by atoms with Crippen LogP contribution in [0.3, 0.4) is 0 Å². The van der Waals surface area contributed by atoms with E-state index in [1.54, 1.807) is 0 Å². The normalized spacial score (nSPS) is 10.8. The number of fused-ring (bicyclic) bond motifs is 1. The molecule has 4 heteroatoms. The van der Waals surface area contributed by atoms with Crippen LogP contribution in [0, 0.1) is 13.8 Å². The third-order valence-electron chi connectivity index (χ3n) is 3.31. The van der Waals surface area contributed by atoms with Crippen molar-refractivity contribution < 1.29 is 0 Å². The van der Waals surface area contributed by atoms with Crippen molar-refractivity contribution in [3.8, 4) is 0 Å². The lowest BCUT2D eigenvalue weighted by atomic mass is 10.1. The summed E-state index contributed by atoms with van der Waals surface area (Å²) in [6.45, 7) is 4.66. The van der Waals surface area contributed by atoms with Gasteiger partial charge in [-0.2, -0.15) is 0 Å². The summed E-state index contributed by atoms with van der Waals surface area (Å²) in [6, 6.07) is 14.0. The minimum atomic E-state index is 0.681. The van der Waals surface area contributed by atoms with Crippen molar-refractivity contribution >= 4 is 28.3 Å². The van der Waals surface area contributed by atoms with Crippen molar-refractivity contribution in [3.05, 3.63) is 64.4 Å². The van der Waals surface area contributed by atoms with E-state index in [1.807, 2.05) is 37.3 Å². The van der Waals surface area contributed by atoms with E-state index in [-0.39, 0.29) is 0 Å². The quantitative estimate of drug-likeness (QED) is 0.773. The molecule has 0 atom stereocenters. The molecule has 0 aliphatic carbocycles. The van der Waals surface area contributed by atoms with E-state index in [0.717, 1.165) is 33.1 Å². The summed E-state index contributed by atoms with van der Waals surface area (Å²) in [5.41, 5.74) is 3.28. The summed E-state index contributed by atoms with van der Waals surface area (Å²) in [5.74, 6) is 1.63. The van der Waals surface area contributed by atoms with Crippen LogP contribution < -0.4 is 5.32 Å². The molecule has 0 aliphatic rings. The van der Waals surface area contributed by atoms with Gasteiger partial charge in [0.25, 0.3) is 0 Å². The van der Waals surface area contributed by atoms with Crippen LogP contribution in [0.15, 0.2) is 42.5 Å². The molecule has 0 amide bonds. The molecule has 0 saturated heterocycles. The van der Waals surface area contributed by atoms with E-state index in [1.165, 1.54) is 5.56 Å². The largest absolute Gasteiger partial charge is 0.365 e. The first-order valence-electron chi connectivity index (χ1n) is 6.85. The van der Waals surface area contributed by atoms with Crippen molar-refractivity contribution in [3.63, 3.8) is 0 Å². The van der Waals surface area contributed by atoms with Gasteiger partial charge >= 0.3 is 0 Å². The van der Waals surface area contributed by atoms with Gasteiger partial charge in [0.05, 0.1) is 5.52 Å². The van der Waals surface area contributed by atoms with Crippen LogP contribution in [-0.4, -0.2) is 9.97 Å². The topological polar surface area (TPSA) is 37.8 Å². The van der Waals surface area contributed by atoms with Crippen molar-refractivity contribution in [2.24, 2.45) is 0 Å². The maximum absolute atomic E-state index is 6.01. The molecule has 1 aromatic heterocycles. The molecule has 106 valence electrons. The Hall–Kier alpha value is -2.13. The first kappa shape index (κ1) is 13.8. The molecule has 0 spiro atoms. The van der Waals surface area contributed by atoms with Crippen LogP contribution in [0.2, 0.25) is 5.02 Å². The van der Waals surface area contributed by atoms with Crippen molar-refractivity contribution in [1.29, 1.82) is 0 Å². The average molecular weight is 298 g/mol. The summed E-state index contributed by atoms with van der Waals surface area (Å²) < 4.78 is 0. The number of benzene rings is 2. The lowest BCUT2D eigenvalue weighted by Gasteiger charge is -2.10. The Labute approximate surface area is 129 Å². The fraction of sp³-hybridized carbons (Fsp3) is 0.176. The number of rotatable bonds is 3. The summed E-state index contributed by atoms with van der Waals surface area (Å²) >= 11 is 6.01. The number of nitrogens with one attached hydrogen (secondary N) is 1. The standard InChI is InChI=1S/C17H16ClN3/c1-11-6-7-16-15(8-11)17(21-12(2)20-16)19-10-13-4-3-5-14(18)9-13/h3-9H,10H2,1-2H3,(H,19,20,21). The fourth-order valence-electron chi connectivity index (χ4n) is 2.33. The Kier molecular flexibility index (Phi) is 3.76. The van der Waals surface area contributed by atoms with Gasteiger partial charge in [0.15, 0.2) is 0 Å².